The number of aliphatic imine (C=N–C) groups is 1. The van der Waals surface area contributed by atoms with Crippen LogP contribution in [-0.4, -0.2) is 36.2 Å². The van der Waals surface area contributed by atoms with Crippen LogP contribution in [0.4, 0.5) is 0 Å². The summed E-state index contributed by atoms with van der Waals surface area (Å²) in [6.45, 7) is 5.23. The highest BCUT2D eigenvalue weighted by Crippen LogP contribution is 2.33. The van der Waals surface area contributed by atoms with Crippen LogP contribution in [0.25, 0.3) is 6.08 Å². The van der Waals surface area contributed by atoms with Gasteiger partial charge in [0.05, 0.1) is 12.0 Å². The summed E-state index contributed by atoms with van der Waals surface area (Å²) in [5.74, 6) is 0.771. The Balaban J connectivity index is 2.36. The summed E-state index contributed by atoms with van der Waals surface area (Å²) >= 11 is 1.42. The average molecular weight is 290 g/mol. The molecule has 0 aliphatic carbocycles. The average Bonchev–Trinajstić information content (AvgIpc) is 2.75. The van der Waals surface area contributed by atoms with Gasteiger partial charge in [0.25, 0.3) is 5.91 Å². The predicted octanol–water partition coefficient (Wildman–Crippen LogP) is 3.01. The van der Waals surface area contributed by atoms with Gasteiger partial charge in [-0.05, 0) is 37.8 Å². The molecule has 0 atom stereocenters. The van der Waals surface area contributed by atoms with Crippen LogP contribution in [0.5, 0.6) is 5.75 Å². The number of amides is 1. The van der Waals surface area contributed by atoms with E-state index in [-0.39, 0.29) is 5.91 Å². The third kappa shape index (κ3) is 2.88. The van der Waals surface area contributed by atoms with Crippen molar-refractivity contribution in [3.63, 3.8) is 0 Å². The number of methoxy groups -OCH3 is 1. The summed E-state index contributed by atoms with van der Waals surface area (Å²) in [5, 5.41) is 0.779. The number of para-hydroxylation sites is 1. The first-order chi connectivity index (χ1) is 9.71. The van der Waals surface area contributed by atoms with E-state index < -0.39 is 0 Å². The Morgan fingerprint density at radius 2 is 2.10 bits per heavy atom. The Labute approximate surface area is 123 Å². The van der Waals surface area contributed by atoms with Crippen molar-refractivity contribution in [3.05, 3.63) is 34.7 Å². The van der Waals surface area contributed by atoms with Crippen LogP contribution in [0, 0.1) is 0 Å². The van der Waals surface area contributed by atoms with Crippen molar-refractivity contribution in [2.24, 2.45) is 4.99 Å². The third-order valence-electron chi connectivity index (χ3n) is 2.92. The molecule has 1 fully saturated rings. The maximum absolute atomic E-state index is 12.3. The minimum Gasteiger partial charge on any atom is -0.496 e. The van der Waals surface area contributed by atoms with E-state index in [1.54, 1.807) is 12.0 Å². The molecule has 5 heteroatoms. The smallest absolute Gasteiger partial charge is 0.266 e. The summed E-state index contributed by atoms with van der Waals surface area (Å²) in [5.41, 5.74) is 0.902. The minimum absolute atomic E-state index is 0.00982. The predicted molar refractivity (Wildman–Crippen MR) is 83.9 cm³/mol. The molecule has 1 saturated heterocycles. The fourth-order valence-electron chi connectivity index (χ4n) is 1.97. The maximum Gasteiger partial charge on any atom is 0.266 e. The van der Waals surface area contributed by atoms with Crippen molar-refractivity contribution in [1.82, 2.24) is 4.90 Å². The zero-order valence-corrected chi connectivity index (χ0v) is 12.7. The number of carbonyl (C=O) groups excluding carboxylic acids is 1. The van der Waals surface area contributed by atoms with Crippen molar-refractivity contribution < 1.29 is 9.53 Å². The van der Waals surface area contributed by atoms with E-state index in [0.29, 0.717) is 18.0 Å². The number of likely N-dealkylation sites (N-methyl/N-ethyl adjacent to an activating group) is 1. The number of hydrogen-bond acceptors (Lipinski definition) is 4. The van der Waals surface area contributed by atoms with Gasteiger partial charge in [-0.2, -0.15) is 0 Å². The van der Waals surface area contributed by atoms with E-state index in [0.717, 1.165) is 16.5 Å². The first-order valence-corrected chi connectivity index (χ1v) is 7.41. The van der Waals surface area contributed by atoms with E-state index in [2.05, 4.69) is 4.99 Å². The van der Waals surface area contributed by atoms with Gasteiger partial charge < -0.3 is 4.74 Å². The van der Waals surface area contributed by atoms with Crippen LogP contribution in [-0.2, 0) is 4.79 Å². The van der Waals surface area contributed by atoms with Gasteiger partial charge in [-0.3, -0.25) is 14.7 Å². The minimum atomic E-state index is 0.00982. The molecular formula is C15H18N2O2S. The first-order valence-electron chi connectivity index (χ1n) is 6.60. The second-order valence-corrected chi connectivity index (χ2v) is 5.17. The lowest BCUT2D eigenvalue weighted by Crippen LogP contribution is -2.28. The van der Waals surface area contributed by atoms with Crippen LogP contribution in [0.2, 0.25) is 0 Å². The topological polar surface area (TPSA) is 41.9 Å². The molecule has 1 aliphatic rings. The number of hydrogen-bond donors (Lipinski definition) is 0. The van der Waals surface area contributed by atoms with Crippen molar-refractivity contribution in [1.29, 1.82) is 0 Å². The molecule has 1 aromatic carbocycles. The molecule has 0 aromatic heterocycles. The maximum atomic E-state index is 12.3. The van der Waals surface area contributed by atoms with Gasteiger partial charge in [0, 0.05) is 18.7 Å². The number of rotatable bonds is 4. The molecule has 2 rings (SSSR count). The number of thioether (sulfide) groups is 1. The number of benzene rings is 1. The van der Waals surface area contributed by atoms with E-state index in [1.165, 1.54) is 11.8 Å². The normalized spacial score (nSPS) is 19.1. The fraction of sp³-hybridized carbons (Fsp3) is 0.333. The Morgan fingerprint density at radius 1 is 1.35 bits per heavy atom. The molecule has 1 heterocycles. The van der Waals surface area contributed by atoms with Gasteiger partial charge in [0.15, 0.2) is 5.17 Å². The van der Waals surface area contributed by atoms with Crippen molar-refractivity contribution in [2.75, 3.05) is 20.2 Å². The van der Waals surface area contributed by atoms with E-state index in [4.69, 9.17) is 4.74 Å². The molecule has 0 saturated carbocycles. The van der Waals surface area contributed by atoms with Crippen molar-refractivity contribution in [3.8, 4) is 5.75 Å². The van der Waals surface area contributed by atoms with Crippen LogP contribution in [0.1, 0.15) is 19.4 Å². The summed E-state index contributed by atoms with van der Waals surface area (Å²) < 4.78 is 5.31. The Morgan fingerprint density at radius 3 is 2.75 bits per heavy atom. The molecule has 0 N–H and O–H groups in total. The second-order valence-electron chi connectivity index (χ2n) is 4.16. The molecule has 1 aliphatic heterocycles. The molecular weight excluding hydrogens is 272 g/mol. The SMILES string of the molecule is CCN=C1S/C(=C/c2ccccc2OC)C(=O)N1CC. The first kappa shape index (κ1) is 14.7. The lowest BCUT2D eigenvalue weighted by Gasteiger charge is -2.11. The second kappa shape index (κ2) is 6.61. The highest BCUT2D eigenvalue weighted by atomic mass is 32.2. The molecule has 0 radical (unpaired) electrons. The van der Waals surface area contributed by atoms with Crippen molar-refractivity contribution >= 4 is 28.9 Å². The molecule has 1 amide bonds. The number of carbonyl (C=O) groups is 1. The lowest BCUT2D eigenvalue weighted by molar-refractivity contribution is -0.122. The Bertz CT molecular complexity index is 567. The van der Waals surface area contributed by atoms with Gasteiger partial charge in [-0.15, -0.1) is 0 Å². The van der Waals surface area contributed by atoms with Crippen LogP contribution in [0.15, 0.2) is 34.2 Å². The zero-order valence-electron chi connectivity index (χ0n) is 11.9. The largest absolute Gasteiger partial charge is 0.496 e. The zero-order chi connectivity index (χ0) is 14.5. The molecule has 20 heavy (non-hydrogen) atoms. The monoisotopic (exact) mass is 290 g/mol. The molecule has 0 bridgehead atoms. The van der Waals surface area contributed by atoms with Crippen molar-refractivity contribution in [2.45, 2.75) is 13.8 Å². The van der Waals surface area contributed by atoms with Crippen LogP contribution < -0.4 is 4.74 Å². The summed E-state index contributed by atoms with van der Waals surface area (Å²) in [7, 11) is 1.63. The summed E-state index contributed by atoms with van der Waals surface area (Å²) in [4.78, 5) is 19.1. The van der Waals surface area contributed by atoms with Crippen LogP contribution in [0.3, 0.4) is 0 Å². The third-order valence-corrected chi connectivity index (χ3v) is 3.97. The summed E-state index contributed by atoms with van der Waals surface area (Å²) in [6.07, 6.45) is 1.87. The highest BCUT2D eigenvalue weighted by Gasteiger charge is 2.31. The molecule has 0 unspecified atom stereocenters. The fourth-order valence-corrected chi connectivity index (χ4v) is 3.06. The summed E-state index contributed by atoms with van der Waals surface area (Å²) in [6, 6.07) is 7.66. The van der Waals surface area contributed by atoms with E-state index in [9.17, 15) is 4.79 Å². The van der Waals surface area contributed by atoms with Gasteiger partial charge in [0.1, 0.15) is 5.75 Å². The number of nitrogens with zero attached hydrogens (tertiary/aromatic N) is 2. The molecule has 4 nitrogen and oxygen atoms in total. The number of ether oxygens (including phenoxy) is 1. The molecule has 1 aromatic rings. The van der Waals surface area contributed by atoms with Gasteiger partial charge >= 0.3 is 0 Å². The van der Waals surface area contributed by atoms with Gasteiger partial charge in [-0.25, -0.2) is 0 Å². The molecule has 0 spiro atoms. The van der Waals surface area contributed by atoms with Gasteiger partial charge in [-0.1, -0.05) is 18.2 Å². The Hall–Kier alpha value is -1.75. The standard InChI is InChI=1S/C15H18N2O2S/c1-4-16-15-17(5-2)14(18)13(20-15)10-11-8-6-7-9-12(11)19-3/h6-10H,4-5H2,1-3H3/b13-10+,16-15?. The van der Waals surface area contributed by atoms with E-state index >= 15 is 0 Å². The van der Waals surface area contributed by atoms with Gasteiger partial charge in [0.2, 0.25) is 0 Å². The molecule has 106 valence electrons. The lowest BCUT2D eigenvalue weighted by atomic mass is 10.2. The Kier molecular flexibility index (Phi) is 4.84. The highest BCUT2D eigenvalue weighted by molar-refractivity contribution is 8.18. The van der Waals surface area contributed by atoms with E-state index in [1.807, 2.05) is 44.2 Å². The quantitative estimate of drug-likeness (QED) is 0.801. The van der Waals surface area contributed by atoms with Crippen LogP contribution >= 0.6 is 11.8 Å². The number of amidine groups is 1.